The molecule has 2 heterocycles. The van der Waals surface area contributed by atoms with Gasteiger partial charge in [0.15, 0.2) is 10.6 Å². The van der Waals surface area contributed by atoms with E-state index in [2.05, 4.69) is 24.0 Å². The van der Waals surface area contributed by atoms with Crippen molar-refractivity contribution >= 4 is 12.2 Å². The molecule has 1 N–H and O–H groups in total. The highest BCUT2D eigenvalue weighted by molar-refractivity contribution is 7.71. The minimum absolute atomic E-state index is 0.0403. The van der Waals surface area contributed by atoms with Crippen LogP contribution in [0, 0.1) is 24.5 Å². The van der Waals surface area contributed by atoms with Crippen molar-refractivity contribution in [3.8, 4) is 11.4 Å². The van der Waals surface area contributed by atoms with Crippen LogP contribution < -0.4 is 5.56 Å². The molecule has 20 heavy (non-hydrogen) atoms. The third kappa shape index (κ3) is 2.47. The number of nitrogens with one attached hydrogen (secondary N) is 1. The molecule has 0 fully saturated rings. The summed E-state index contributed by atoms with van der Waals surface area (Å²) in [4.78, 5) is 12.5. The van der Waals surface area contributed by atoms with Crippen LogP contribution in [0.3, 0.4) is 0 Å². The predicted molar refractivity (Wildman–Crippen MR) is 82.4 cm³/mol. The summed E-state index contributed by atoms with van der Waals surface area (Å²) in [7, 11) is 1.77. The number of pyridine rings is 1. The summed E-state index contributed by atoms with van der Waals surface area (Å²) < 4.78 is 4.09. The number of hydrogen-bond acceptors (Lipinski definition) is 3. The van der Waals surface area contributed by atoms with E-state index < -0.39 is 0 Å². The first-order valence-electron chi connectivity index (χ1n) is 6.65. The van der Waals surface area contributed by atoms with Gasteiger partial charge < -0.3 is 4.57 Å². The van der Waals surface area contributed by atoms with Gasteiger partial charge in [0.2, 0.25) is 0 Å². The van der Waals surface area contributed by atoms with Crippen LogP contribution in [-0.4, -0.2) is 19.3 Å². The predicted octanol–water partition coefficient (Wildman–Crippen LogP) is 2.58. The minimum Gasteiger partial charge on any atom is -0.315 e. The second kappa shape index (κ2) is 5.36. The molecule has 2 aromatic rings. The molecule has 0 saturated heterocycles. The first kappa shape index (κ1) is 14.7. The Morgan fingerprint density at radius 1 is 1.40 bits per heavy atom. The van der Waals surface area contributed by atoms with Crippen LogP contribution in [0.2, 0.25) is 0 Å². The fourth-order valence-corrected chi connectivity index (χ4v) is 2.50. The summed E-state index contributed by atoms with van der Waals surface area (Å²) in [5.74, 6) is 1.05. The fraction of sp³-hybridized carbons (Fsp3) is 0.500. The van der Waals surface area contributed by atoms with Crippen molar-refractivity contribution in [1.29, 1.82) is 0 Å². The Bertz CT molecular complexity index is 752. The third-order valence-corrected chi connectivity index (χ3v) is 3.71. The lowest BCUT2D eigenvalue weighted by atomic mass is 10.1. The zero-order valence-corrected chi connectivity index (χ0v) is 13.3. The van der Waals surface area contributed by atoms with Gasteiger partial charge in [0.25, 0.3) is 5.56 Å². The van der Waals surface area contributed by atoms with Crippen molar-refractivity contribution in [2.75, 3.05) is 0 Å². The van der Waals surface area contributed by atoms with Gasteiger partial charge in [-0.25, -0.2) is 0 Å². The summed E-state index contributed by atoms with van der Waals surface area (Å²) in [5.41, 5.74) is 2.43. The van der Waals surface area contributed by atoms with Gasteiger partial charge in [0.1, 0.15) is 0 Å². The first-order valence-corrected chi connectivity index (χ1v) is 7.06. The first-order chi connectivity index (χ1) is 9.32. The van der Waals surface area contributed by atoms with Gasteiger partial charge in [-0.15, -0.1) is 0 Å². The van der Waals surface area contributed by atoms with E-state index in [0.717, 1.165) is 17.8 Å². The molecule has 0 radical (unpaired) electrons. The van der Waals surface area contributed by atoms with Crippen LogP contribution in [0.5, 0.6) is 0 Å². The number of aromatic nitrogens is 4. The molecule has 6 heteroatoms. The van der Waals surface area contributed by atoms with Crippen LogP contribution in [0.25, 0.3) is 11.4 Å². The summed E-state index contributed by atoms with van der Waals surface area (Å²) in [5, 5.41) is 7.06. The quantitative estimate of drug-likeness (QED) is 0.885. The smallest absolute Gasteiger partial charge is 0.261 e. The Balaban J connectivity index is 2.73. The van der Waals surface area contributed by atoms with Crippen LogP contribution in [-0.2, 0) is 13.6 Å². The van der Waals surface area contributed by atoms with Crippen LogP contribution in [0.1, 0.15) is 25.1 Å². The SMILES string of the molecule is Cc1cc(C)n(C)c(=O)c1-c1n[nH]c(=S)n1CC(C)C. The number of hydrogen-bond donors (Lipinski definition) is 1. The van der Waals surface area contributed by atoms with Crippen LogP contribution in [0.4, 0.5) is 0 Å². The van der Waals surface area contributed by atoms with E-state index in [9.17, 15) is 4.79 Å². The normalized spacial score (nSPS) is 11.3. The number of aryl methyl sites for hydroxylation is 2. The van der Waals surface area contributed by atoms with E-state index >= 15 is 0 Å². The van der Waals surface area contributed by atoms with Crippen molar-refractivity contribution in [2.45, 2.75) is 34.2 Å². The fourth-order valence-electron chi connectivity index (χ4n) is 2.29. The maximum atomic E-state index is 12.5. The van der Waals surface area contributed by atoms with Gasteiger partial charge in [0.05, 0.1) is 5.56 Å². The van der Waals surface area contributed by atoms with Gasteiger partial charge in [-0.2, -0.15) is 5.10 Å². The van der Waals surface area contributed by atoms with Gasteiger partial charge >= 0.3 is 0 Å². The maximum absolute atomic E-state index is 12.5. The van der Waals surface area contributed by atoms with E-state index in [1.807, 2.05) is 24.5 Å². The van der Waals surface area contributed by atoms with Crippen LogP contribution in [0.15, 0.2) is 10.9 Å². The topological polar surface area (TPSA) is 55.6 Å². The van der Waals surface area contributed by atoms with Crippen molar-refractivity contribution < 1.29 is 0 Å². The molecule has 108 valence electrons. The Morgan fingerprint density at radius 3 is 2.65 bits per heavy atom. The number of nitrogens with zero attached hydrogens (tertiary/aromatic N) is 3. The molecule has 0 aromatic carbocycles. The molecular weight excluding hydrogens is 272 g/mol. The van der Waals surface area contributed by atoms with Gasteiger partial charge in [-0.3, -0.25) is 14.5 Å². The number of rotatable bonds is 3. The highest BCUT2D eigenvalue weighted by atomic mass is 32.1. The molecule has 0 aliphatic heterocycles. The molecule has 0 unspecified atom stereocenters. The zero-order valence-electron chi connectivity index (χ0n) is 12.5. The number of H-pyrrole nitrogens is 1. The third-order valence-electron chi connectivity index (χ3n) is 3.40. The molecule has 2 aromatic heterocycles. The van der Waals surface area contributed by atoms with Crippen molar-refractivity contribution in [3.05, 3.63) is 32.4 Å². The summed E-state index contributed by atoms with van der Waals surface area (Å²) in [6.45, 7) is 8.81. The van der Waals surface area contributed by atoms with Gasteiger partial charge in [-0.1, -0.05) is 13.8 Å². The molecule has 0 saturated carbocycles. The van der Waals surface area contributed by atoms with E-state index in [-0.39, 0.29) is 5.56 Å². The van der Waals surface area contributed by atoms with Crippen molar-refractivity contribution in [3.63, 3.8) is 0 Å². The van der Waals surface area contributed by atoms with Crippen LogP contribution >= 0.6 is 12.2 Å². The van der Waals surface area contributed by atoms with Crippen molar-refractivity contribution in [2.24, 2.45) is 13.0 Å². The second-order valence-corrected chi connectivity index (χ2v) is 5.95. The van der Waals surface area contributed by atoms with E-state index in [0.29, 0.717) is 22.1 Å². The molecule has 0 bridgehead atoms. The standard InChI is InChI=1S/C14H20N4OS/c1-8(2)7-18-12(15-16-14(18)20)11-9(3)6-10(4)17(5)13(11)19/h6,8H,7H2,1-5H3,(H,16,20). The van der Waals surface area contributed by atoms with E-state index in [1.54, 1.807) is 11.6 Å². The zero-order chi connectivity index (χ0) is 15.0. The van der Waals surface area contributed by atoms with E-state index in [1.165, 1.54) is 0 Å². The van der Waals surface area contributed by atoms with Gasteiger partial charge in [-0.05, 0) is 43.6 Å². The molecule has 0 atom stereocenters. The van der Waals surface area contributed by atoms with Gasteiger partial charge in [0, 0.05) is 19.3 Å². The summed E-state index contributed by atoms with van der Waals surface area (Å²) in [6, 6.07) is 1.99. The molecule has 0 aliphatic carbocycles. The number of aromatic amines is 1. The Labute approximate surface area is 123 Å². The molecule has 0 amide bonds. The lowest BCUT2D eigenvalue weighted by Gasteiger charge is -2.13. The second-order valence-electron chi connectivity index (χ2n) is 5.56. The largest absolute Gasteiger partial charge is 0.315 e. The summed E-state index contributed by atoms with van der Waals surface area (Å²) in [6.07, 6.45) is 0. The molecular formula is C14H20N4OS. The molecule has 0 aliphatic rings. The monoisotopic (exact) mass is 292 g/mol. The Morgan fingerprint density at radius 2 is 2.05 bits per heavy atom. The molecule has 5 nitrogen and oxygen atoms in total. The Hall–Kier alpha value is -1.69. The Kier molecular flexibility index (Phi) is 3.94. The highest BCUT2D eigenvalue weighted by Gasteiger charge is 2.17. The average molecular weight is 292 g/mol. The minimum atomic E-state index is -0.0403. The van der Waals surface area contributed by atoms with E-state index in [4.69, 9.17) is 12.2 Å². The lowest BCUT2D eigenvalue weighted by Crippen LogP contribution is -2.23. The highest BCUT2D eigenvalue weighted by Crippen LogP contribution is 2.19. The average Bonchev–Trinajstić information content (AvgIpc) is 2.69. The maximum Gasteiger partial charge on any atom is 0.261 e. The molecule has 0 spiro atoms. The molecule has 2 rings (SSSR count). The lowest BCUT2D eigenvalue weighted by molar-refractivity contribution is 0.521. The van der Waals surface area contributed by atoms with Crippen molar-refractivity contribution in [1.82, 2.24) is 19.3 Å². The summed E-state index contributed by atoms with van der Waals surface area (Å²) >= 11 is 5.27.